The first-order valence-electron chi connectivity index (χ1n) is 9.02. The maximum Gasteiger partial charge on any atom is 0.247 e. The molecule has 6 rings (SSSR count). The van der Waals surface area contributed by atoms with Crippen LogP contribution in [0.25, 0.3) is 21.5 Å². The number of hydrogen-bond donors (Lipinski definition) is 2. The van der Waals surface area contributed by atoms with Crippen molar-refractivity contribution in [3.05, 3.63) is 72.8 Å². The molecule has 2 aliphatic heterocycles. The van der Waals surface area contributed by atoms with Crippen LogP contribution in [0.5, 0.6) is 0 Å². The van der Waals surface area contributed by atoms with Gasteiger partial charge in [0.25, 0.3) is 0 Å². The van der Waals surface area contributed by atoms with E-state index in [0.717, 1.165) is 44.3 Å². The van der Waals surface area contributed by atoms with Crippen molar-refractivity contribution < 1.29 is 0 Å². The van der Waals surface area contributed by atoms with E-state index >= 15 is 0 Å². The minimum Gasteiger partial charge on any atom is -0.322 e. The van der Waals surface area contributed by atoms with Gasteiger partial charge in [-0.3, -0.25) is 0 Å². The summed E-state index contributed by atoms with van der Waals surface area (Å²) in [6, 6.07) is 24.3. The second kappa shape index (κ2) is 5.72. The predicted molar refractivity (Wildman–Crippen MR) is 114 cm³/mol. The summed E-state index contributed by atoms with van der Waals surface area (Å²) in [5, 5.41) is 19.6. The molecule has 6 heteroatoms. The van der Waals surface area contributed by atoms with Crippen molar-refractivity contribution in [1.82, 2.24) is 0 Å². The number of benzene rings is 4. The van der Waals surface area contributed by atoms with Crippen molar-refractivity contribution in [2.75, 3.05) is 10.6 Å². The van der Waals surface area contributed by atoms with Gasteiger partial charge in [-0.1, -0.05) is 48.5 Å². The van der Waals surface area contributed by atoms with E-state index in [1.807, 2.05) is 48.5 Å². The van der Waals surface area contributed by atoms with Crippen LogP contribution >= 0.6 is 0 Å². The van der Waals surface area contributed by atoms with Crippen LogP contribution < -0.4 is 10.6 Å². The SMILES string of the molecule is c1cc2c3c(cccc3c1)NC(N=NC1=Nc3cccc4cccc(c34)N1)=N2. The van der Waals surface area contributed by atoms with Crippen LogP contribution in [0.4, 0.5) is 22.7 Å². The molecule has 0 atom stereocenters. The fraction of sp³-hybridized carbons (Fsp3) is 0. The molecule has 0 amide bonds. The van der Waals surface area contributed by atoms with E-state index in [0.29, 0.717) is 11.9 Å². The van der Waals surface area contributed by atoms with E-state index in [9.17, 15) is 0 Å². The molecular weight excluding hydrogens is 348 g/mol. The molecule has 0 aromatic heterocycles. The van der Waals surface area contributed by atoms with Crippen molar-refractivity contribution in [2.24, 2.45) is 20.2 Å². The maximum absolute atomic E-state index is 4.59. The largest absolute Gasteiger partial charge is 0.322 e. The van der Waals surface area contributed by atoms with Crippen LogP contribution in [-0.2, 0) is 0 Å². The molecule has 28 heavy (non-hydrogen) atoms. The number of aliphatic imine (C=N–C) groups is 2. The first kappa shape index (κ1) is 15.0. The molecule has 0 aliphatic carbocycles. The second-order valence-electron chi connectivity index (χ2n) is 6.68. The molecule has 2 N–H and O–H groups in total. The van der Waals surface area contributed by atoms with Crippen molar-refractivity contribution in [1.29, 1.82) is 0 Å². The highest BCUT2D eigenvalue weighted by Crippen LogP contribution is 2.37. The van der Waals surface area contributed by atoms with Crippen molar-refractivity contribution >= 4 is 56.2 Å². The Kier molecular flexibility index (Phi) is 3.07. The van der Waals surface area contributed by atoms with Gasteiger partial charge >= 0.3 is 0 Å². The molecule has 2 heterocycles. The van der Waals surface area contributed by atoms with Crippen LogP contribution in [0.3, 0.4) is 0 Å². The molecule has 6 nitrogen and oxygen atoms in total. The van der Waals surface area contributed by atoms with Gasteiger partial charge in [0.05, 0.1) is 22.7 Å². The number of rotatable bonds is 0. The maximum atomic E-state index is 4.59. The van der Waals surface area contributed by atoms with E-state index in [4.69, 9.17) is 0 Å². The molecule has 0 spiro atoms. The Morgan fingerprint density at radius 2 is 0.964 bits per heavy atom. The summed E-state index contributed by atoms with van der Waals surface area (Å²) in [5.74, 6) is 0.875. The number of anilines is 2. The molecule has 0 bridgehead atoms. The summed E-state index contributed by atoms with van der Waals surface area (Å²) < 4.78 is 0. The zero-order chi connectivity index (χ0) is 18.5. The first-order valence-corrected chi connectivity index (χ1v) is 9.02. The topological polar surface area (TPSA) is 73.5 Å². The number of azo groups is 1. The smallest absolute Gasteiger partial charge is 0.247 e. The number of nitrogens with zero attached hydrogens (tertiary/aromatic N) is 4. The number of hydrogen-bond acceptors (Lipinski definition) is 6. The summed E-state index contributed by atoms with van der Waals surface area (Å²) in [4.78, 5) is 9.19. The van der Waals surface area contributed by atoms with Gasteiger partial charge in [-0.2, -0.15) is 0 Å². The fourth-order valence-electron chi connectivity index (χ4n) is 3.75. The quantitative estimate of drug-likeness (QED) is 0.378. The van der Waals surface area contributed by atoms with Crippen molar-refractivity contribution in [3.8, 4) is 0 Å². The molecule has 0 radical (unpaired) electrons. The lowest BCUT2D eigenvalue weighted by atomic mass is 10.1. The van der Waals surface area contributed by atoms with E-state index in [2.05, 4.69) is 55.1 Å². The molecule has 0 fully saturated rings. The van der Waals surface area contributed by atoms with E-state index in [1.54, 1.807) is 0 Å². The predicted octanol–water partition coefficient (Wildman–Crippen LogP) is 5.97. The third-order valence-electron chi connectivity index (χ3n) is 4.95. The third-order valence-corrected chi connectivity index (χ3v) is 4.95. The van der Waals surface area contributed by atoms with Crippen molar-refractivity contribution in [2.45, 2.75) is 0 Å². The van der Waals surface area contributed by atoms with Crippen LogP contribution in [0.15, 0.2) is 93.0 Å². The normalized spacial score (nSPS) is 14.6. The van der Waals surface area contributed by atoms with Gasteiger partial charge in [0.15, 0.2) is 0 Å². The first-order chi connectivity index (χ1) is 13.8. The van der Waals surface area contributed by atoms with Gasteiger partial charge in [0.1, 0.15) is 0 Å². The van der Waals surface area contributed by atoms with E-state index in [-0.39, 0.29) is 0 Å². The van der Waals surface area contributed by atoms with Crippen LogP contribution in [0.2, 0.25) is 0 Å². The van der Waals surface area contributed by atoms with Crippen molar-refractivity contribution in [3.63, 3.8) is 0 Å². The molecule has 132 valence electrons. The van der Waals surface area contributed by atoms with Gasteiger partial charge in [-0.25, -0.2) is 9.98 Å². The number of guanidine groups is 2. The van der Waals surface area contributed by atoms with E-state index in [1.165, 1.54) is 0 Å². The van der Waals surface area contributed by atoms with Gasteiger partial charge in [-0.15, -0.1) is 10.2 Å². The lowest BCUT2D eigenvalue weighted by molar-refractivity contribution is 1.26. The van der Waals surface area contributed by atoms with Gasteiger partial charge < -0.3 is 10.6 Å². The highest BCUT2D eigenvalue weighted by Gasteiger charge is 2.16. The van der Waals surface area contributed by atoms with Crippen LogP contribution in [0.1, 0.15) is 0 Å². The second-order valence-corrected chi connectivity index (χ2v) is 6.68. The Morgan fingerprint density at radius 3 is 1.43 bits per heavy atom. The summed E-state index contributed by atoms with van der Waals surface area (Å²) in [7, 11) is 0. The lowest BCUT2D eigenvalue weighted by Crippen LogP contribution is -2.15. The molecule has 4 aromatic rings. The van der Waals surface area contributed by atoms with Crippen LogP contribution in [0, 0.1) is 0 Å². The Labute approximate surface area is 160 Å². The monoisotopic (exact) mass is 362 g/mol. The molecule has 4 aromatic carbocycles. The minimum atomic E-state index is 0.438. The molecular formula is C22H14N6. The fourth-order valence-corrected chi connectivity index (χ4v) is 3.75. The Hall–Kier alpha value is -4.06. The average molecular weight is 362 g/mol. The zero-order valence-electron chi connectivity index (χ0n) is 14.7. The van der Waals surface area contributed by atoms with E-state index < -0.39 is 0 Å². The minimum absolute atomic E-state index is 0.438. The highest BCUT2D eigenvalue weighted by molar-refractivity contribution is 6.15. The number of nitrogens with one attached hydrogen (secondary N) is 2. The standard InChI is InChI=1S/C22H14N6/c1-5-13-6-2-10-16-19(13)15(9-1)23-21(24-16)27-28-22-25-17-11-3-7-14-8-4-12-18(26-22)20(14)17/h1-12H,(H,23,24)(H,25,26). The summed E-state index contributed by atoms with van der Waals surface area (Å²) in [5.41, 5.74) is 3.72. The summed E-state index contributed by atoms with van der Waals surface area (Å²) >= 11 is 0. The lowest BCUT2D eigenvalue weighted by Gasteiger charge is -2.17. The molecule has 0 saturated heterocycles. The summed E-state index contributed by atoms with van der Waals surface area (Å²) in [6.07, 6.45) is 0. The van der Waals surface area contributed by atoms with Gasteiger partial charge in [-0.05, 0) is 35.0 Å². The molecule has 0 saturated carbocycles. The Bertz CT molecular complexity index is 1250. The third kappa shape index (κ3) is 2.28. The Balaban J connectivity index is 1.38. The average Bonchev–Trinajstić information content (AvgIpc) is 2.73. The van der Waals surface area contributed by atoms with Gasteiger partial charge in [0, 0.05) is 10.8 Å². The van der Waals surface area contributed by atoms with Crippen LogP contribution in [-0.4, -0.2) is 11.9 Å². The molecule has 2 aliphatic rings. The highest BCUT2D eigenvalue weighted by atomic mass is 15.3. The summed E-state index contributed by atoms with van der Waals surface area (Å²) in [6.45, 7) is 0. The Morgan fingerprint density at radius 1 is 0.536 bits per heavy atom. The zero-order valence-corrected chi connectivity index (χ0v) is 14.7. The molecule has 0 unspecified atom stereocenters. The van der Waals surface area contributed by atoms with Gasteiger partial charge in [0.2, 0.25) is 11.9 Å².